The summed E-state index contributed by atoms with van der Waals surface area (Å²) in [5, 5.41) is 2.76. The smallest absolute Gasteiger partial charge is 0.253 e. The average Bonchev–Trinajstić information content (AvgIpc) is 2.87. The van der Waals surface area contributed by atoms with Crippen molar-refractivity contribution in [1.29, 1.82) is 0 Å². The van der Waals surface area contributed by atoms with Gasteiger partial charge in [0, 0.05) is 24.9 Å². The van der Waals surface area contributed by atoms with E-state index in [4.69, 9.17) is 12.2 Å². The zero-order chi connectivity index (χ0) is 15.5. The highest BCUT2D eigenvalue weighted by molar-refractivity contribution is 7.71. The number of fused-ring (bicyclic) bond motifs is 1. The molecule has 0 aliphatic carbocycles. The number of rotatable bonds is 4. The van der Waals surface area contributed by atoms with E-state index < -0.39 is 5.82 Å². The van der Waals surface area contributed by atoms with E-state index in [-0.39, 0.29) is 11.5 Å². The SMILES string of the molecule is O=C(NCCc1ccccn1)c1cc(F)cc2[nH]c(=S)[nH]c12. The van der Waals surface area contributed by atoms with Crippen LogP contribution in [0.5, 0.6) is 0 Å². The number of hydrogen-bond acceptors (Lipinski definition) is 3. The number of carbonyl (C=O) groups excluding carboxylic acids is 1. The molecule has 0 unspecified atom stereocenters. The van der Waals surface area contributed by atoms with Crippen molar-refractivity contribution >= 4 is 29.2 Å². The van der Waals surface area contributed by atoms with Crippen molar-refractivity contribution in [2.75, 3.05) is 6.54 Å². The number of H-pyrrole nitrogens is 2. The molecule has 0 spiro atoms. The van der Waals surface area contributed by atoms with Crippen LogP contribution in [0.25, 0.3) is 11.0 Å². The van der Waals surface area contributed by atoms with E-state index in [2.05, 4.69) is 20.3 Å². The van der Waals surface area contributed by atoms with Gasteiger partial charge < -0.3 is 15.3 Å². The first kappa shape index (κ1) is 14.4. The second-order valence-electron chi connectivity index (χ2n) is 4.78. The lowest BCUT2D eigenvalue weighted by Gasteiger charge is -2.06. The summed E-state index contributed by atoms with van der Waals surface area (Å²) in [7, 11) is 0. The average molecular weight is 316 g/mol. The van der Waals surface area contributed by atoms with Gasteiger partial charge in [0.1, 0.15) is 5.82 Å². The highest BCUT2D eigenvalue weighted by atomic mass is 32.1. The quantitative estimate of drug-likeness (QED) is 0.648. The Balaban J connectivity index is 1.76. The molecule has 2 aromatic heterocycles. The van der Waals surface area contributed by atoms with E-state index in [0.29, 0.717) is 28.8 Å². The largest absolute Gasteiger partial charge is 0.352 e. The fraction of sp³-hybridized carbons (Fsp3) is 0.133. The minimum Gasteiger partial charge on any atom is -0.352 e. The fourth-order valence-corrected chi connectivity index (χ4v) is 2.44. The highest BCUT2D eigenvalue weighted by Crippen LogP contribution is 2.17. The van der Waals surface area contributed by atoms with Gasteiger partial charge in [0.05, 0.1) is 16.6 Å². The molecule has 0 aliphatic heterocycles. The maximum atomic E-state index is 13.6. The zero-order valence-corrected chi connectivity index (χ0v) is 12.3. The van der Waals surface area contributed by atoms with Crippen molar-refractivity contribution in [2.45, 2.75) is 6.42 Å². The summed E-state index contributed by atoms with van der Waals surface area (Å²) in [4.78, 5) is 22.1. The Kier molecular flexibility index (Phi) is 3.97. The van der Waals surface area contributed by atoms with Crippen LogP contribution in [-0.2, 0) is 6.42 Å². The molecule has 0 aliphatic rings. The molecule has 0 radical (unpaired) electrons. The van der Waals surface area contributed by atoms with Gasteiger partial charge in [0.2, 0.25) is 0 Å². The maximum Gasteiger partial charge on any atom is 0.253 e. The van der Waals surface area contributed by atoms with E-state index in [9.17, 15) is 9.18 Å². The van der Waals surface area contributed by atoms with Gasteiger partial charge in [0.25, 0.3) is 5.91 Å². The summed E-state index contributed by atoms with van der Waals surface area (Å²) >= 11 is 4.98. The molecule has 112 valence electrons. The molecule has 5 nitrogen and oxygen atoms in total. The van der Waals surface area contributed by atoms with Crippen LogP contribution < -0.4 is 5.32 Å². The van der Waals surface area contributed by atoms with Crippen LogP contribution in [0.3, 0.4) is 0 Å². The van der Waals surface area contributed by atoms with E-state index in [0.717, 1.165) is 5.69 Å². The number of aromatic amines is 2. The highest BCUT2D eigenvalue weighted by Gasteiger charge is 2.13. The topological polar surface area (TPSA) is 73.6 Å². The Morgan fingerprint density at radius 3 is 2.95 bits per heavy atom. The van der Waals surface area contributed by atoms with Gasteiger partial charge in [-0.15, -0.1) is 0 Å². The third kappa shape index (κ3) is 3.04. The van der Waals surface area contributed by atoms with Crippen LogP contribution >= 0.6 is 12.2 Å². The molecule has 0 saturated heterocycles. The molecule has 0 bridgehead atoms. The van der Waals surface area contributed by atoms with Crippen molar-refractivity contribution in [3.8, 4) is 0 Å². The molecule has 3 aromatic rings. The molecule has 22 heavy (non-hydrogen) atoms. The normalized spacial score (nSPS) is 10.8. The van der Waals surface area contributed by atoms with Crippen LogP contribution in [-0.4, -0.2) is 27.4 Å². The Morgan fingerprint density at radius 2 is 2.18 bits per heavy atom. The summed E-state index contributed by atoms with van der Waals surface area (Å²) in [6, 6.07) is 8.10. The zero-order valence-electron chi connectivity index (χ0n) is 11.5. The summed E-state index contributed by atoms with van der Waals surface area (Å²) in [6.45, 7) is 0.416. The fourth-order valence-electron chi connectivity index (χ4n) is 2.23. The molecule has 0 saturated carbocycles. The van der Waals surface area contributed by atoms with Gasteiger partial charge in [-0.2, -0.15) is 0 Å². The molecule has 1 aromatic carbocycles. The standard InChI is InChI=1S/C15H13FN4OS/c16-9-7-11(13-12(8-9)19-15(22)20-13)14(21)18-6-4-10-3-1-2-5-17-10/h1-3,5,7-8H,4,6H2,(H,18,21)(H2,19,20,22). The molecular weight excluding hydrogens is 303 g/mol. The lowest BCUT2D eigenvalue weighted by molar-refractivity contribution is 0.0955. The van der Waals surface area contributed by atoms with E-state index >= 15 is 0 Å². The van der Waals surface area contributed by atoms with Crippen molar-refractivity contribution in [3.63, 3.8) is 0 Å². The molecule has 0 atom stereocenters. The predicted octanol–water partition coefficient (Wildman–Crippen LogP) is 2.73. The number of aromatic nitrogens is 3. The van der Waals surface area contributed by atoms with E-state index in [1.807, 2.05) is 18.2 Å². The summed E-state index contributed by atoms with van der Waals surface area (Å²) in [5.74, 6) is -0.849. The van der Waals surface area contributed by atoms with Gasteiger partial charge in [-0.1, -0.05) is 6.07 Å². The maximum absolute atomic E-state index is 13.6. The second kappa shape index (κ2) is 6.07. The number of amides is 1. The number of pyridine rings is 1. The van der Waals surface area contributed by atoms with Crippen LogP contribution in [0.15, 0.2) is 36.5 Å². The van der Waals surface area contributed by atoms with Gasteiger partial charge in [-0.25, -0.2) is 4.39 Å². The molecule has 1 amide bonds. The number of carbonyl (C=O) groups is 1. The third-order valence-electron chi connectivity index (χ3n) is 3.23. The Labute approximate surface area is 130 Å². The molecule has 3 rings (SSSR count). The number of nitrogens with one attached hydrogen (secondary N) is 3. The minimum atomic E-state index is -0.493. The number of nitrogens with zero attached hydrogens (tertiary/aromatic N) is 1. The van der Waals surface area contributed by atoms with Crippen LogP contribution in [0.1, 0.15) is 16.1 Å². The van der Waals surface area contributed by atoms with Crippen LogP contribution in [0, 0.1) is 10.6 Å². The number of benzene rings is 1. The van der Waals surface area contributed by atoms with Crippen molar-refractivity contribution < 1.29 is 9.18 Å². The Hall–Kier alpha value is -2.54. The van der Waals surface area contributed by atoms with E-state index in [1.54, 1.807) is 6.20 Å². The second-order valence-corrected chi connectivity index (χ2v) is 5.19. The predicted molar refractivity (Wildman–Crippen MR) is 83.7 cm³/mol. The van der Waals surface area contributed by atoms with Gasteiger partial charge in [-0.3, -0.25) is 9.78 Å². The summed E-state index contributed by atoms with van der Waals surface area (Å²) < 4.78 is 13.9. The molecule has 2 heterocycles. The van der Waals surface area contributed by atoms with Crippen molar-refractivity contribution in [3.05, 3.63) is 58.4 Å². The van der Waals surface area contributed by atoms with Crippen molar-refractivity contribution in [2.24, 2.45) is 0 Å². The number of halogens is 1. The molecule has 0 fully saturated rings. The Bertz CT molecular complexity index is 872. The van der Waals surface area contributed by atoms with Gasteiger partial charge in [0.15, 0.2) is 4.77 Å². The molecule has 7 heteroatoms. The van der Waals surface area contributed by atoms with Gasteiger partial charge >= 0.3 is 0 Å². The van der Waals surface area contributed by atoms with Crippen LogP contribution in [0.2, 0.25) is 0 Å². The summed E-state index contributed by atoms with van der Waals surface area (Å²) in [6.07, 6.45) is 2.31. The van der Waals surface area contributed by atoms with Crippen molar-refractivity contribution in [1.82, 2.24) is 20.3 Å². The third-order valence-corrected chi connectivity index (χ3v) is 3.43. The lowest BCUT2D eigenvalue weighted by atomic mass is 10.1. The van der Waals surface area contributed by atoms with Gasteiger partial charge in [-0.05, 0) is 36.5 Å². The number of hydrogen-bond donors (Lipinski definition) is 3. The lowest BCUT2D eigenvalue weighted by Crippen LogP contribution is -2.26. The van der Waals surface area contributed by atoms with E-state index in [1.165, 1.54) is 12.1 Å². The first-order valence-corrected chi connectivity index (χ1v) is 7.14. The number of imidazole rings is 1. The first-order chi connectivity index (χ1) is 10.6. The van der Waals surface area contributed by atoms with Crippen LogP contribution in [0.4, 0.5) is 4.39 Å². The molecule has 3 N–H and O–H groups in total. The Morgan fingerprint density at radius 1 is 1.32 bits per heavy atom. The monoisotopic (exact) mass is 316 g/mol. The summed E-state index contributed by atoms with van der Waals surface area (Å²) in [5.41, 5.74) is 2.08. The minimum absolute atomic E-state index is 0.225. The molecular formula is C15H13FN4OS. The first-order valence-electron chi connectivity index (χ1n) is 6.73.